The van der Waals surface area contributed by atoms with Crippen LogP contribution in [0.2, 0.25) is 0 Å². The van der Waals surface area contributed by atoms with E-state index in [1.54, 1.807) is 4.90 Å². The van der Waals surface area contributed by atoms with Crippen LogP contribution in [0, 0.1) is 0 Å². The Morgan fingerprint density at radius 1 is 1.07 bits per heavy atom. The average Bonchev–Trinajstić information content (AvgIpc) is 2.64. The maximum Gasteiger partial charge on any atom is 0.421 e. The Bertz CT molecular complexity index is 1010. The minimum Gasteiger partial charge on any atom is -0.470 e. The van der Waals surface area contributed by atoms with Gasteiger partial charge in [0.1, 0.15) is 11.7 Å². The van der Waals surface area contributed by atoms with E-state index < -0.39 is 23.7 Å². The third-order valence-electron chi connectivity index (χ3n) is 4.78. The molecule has 0 aliphatic carbocycles. The number of fused-ring (bicyclic) bond motifs is 1. The number of hydrogen-bond donors (Lipinski definition) is 0. The van der Waals surface area contributed by atoms with Gasteiger partial charge in [0.2, 0.25) is 11.8 Å². The minimum atomic E-state index is -4.53. The highest BCUT2D eigenvalue weighted by Crippen LogP contribution is 2.35. The number of benzene rings is 2. The summed E-state index contributed by atoms with van der Waals surface area (Å²) in [7, 11) is 0. The molecule has 0 saturated carbocycles. The standard InChI is InChI=1S/C21H17F3N2O2/c22-21(23,24)18-9-4-10-25-20(18)28-16-12-26(13-16)19(27)11-15-7-3-6-14-5-1-2-8-17(14)15/h1-10,16H,11-13H2. The van der Waals surface area contributed by atoms with E-state index in [0.717, 1.165) is 22.4 Å². The Morgan fingerprint density at radius 2 is 1.82 bits per heavy atom. The van der Waals surface area contributed by atoms with Gasteiger partial charge in [0, 0.05) is 6.20 Å². The van der Waals surface area contributed by atoms with Gasteiger partial charge in [0.05, 0.1) is 19.5 Å². The molecular formula is C21H17F3N2O2. The van der Waals surface area contributed by atoms with Crippen LogP contribution < -0.4 is 4.74 Å². The molecule has 1 amide bonds. The monoisotopic (exact) mass is 386 g/mol. The van der Waals surface area contributed by atoms with E-state index in [-0.39, 0.29) is 25.4 Å². The zero-order valence-electron chi connectivity index (χ0n) is 14.8. The fourth-order valence-corrected chi connectivity index (χ4v) is 3.30. The first-order valence-corrected chi connectivity index (χ1v) is 8.85. The maximum atomic E-state index is 13.0. The van der Waals surface area contributed by atoms with Crippen molar-refractivity contribution in [2.24, 2.45) is 0 Å². The van der Waals surface area contributed by atoms with Gasteiger partial charge in [0.15, 0.2) is 0 Å². The highest BCUT2D eigenvalue weighted by atomic mass is 19.4. The van der Waals surface area contributed by atoms with Gasteiger partial charge >= 0.3 is 6.18 Å². The molecule has 1 saturated heterocycles. The molecule has 2 heterocycles. The Kier molecular flexibility index (Phi) is 4.66. The molecule has 1 aliphatic rings. The number of ether oxygens (including phenoxy) is 1. The van der Waals surface area contributed by atoms with Crippen LogP contribution in [0.25, 0.3) is 10.8 Å². The van der Waals surface area contributed by atoms with E-state index in [1.807, 2.05) is 42.5 Å². The van der Waals surface area contributed by atoms with Crippen molar-refractivity contribution in [2.75, 3.05) is 13.1 Å². The lowest BCUT2D eigenvalue weighted by atomic mass is 10.0. The lowest BCUT2D eigenvalue weighted by Crippen LogP contribution is -2.56. The fraction of sp³-hybridized carbons (Fsp3) is 0.238. The third-order valence-corrected chi connectivity index (χ3v) is 4.78. The van der Waals surface area contributed by atoms with Crippen LogP contribution in [0.3, 0.4) is 0 Å². The smallest absolute Gasteiger partial charge is 0.421 e. The van der Waals surface area contributed by atoms with Crippen LogP contribution in [0.15, 0.2) is 60.8 Å². The molecule has 3 aromatic rings. The van der Waals surface area contributed by atoms with Gasteiger partial charge in [-0.2, -0.15) is 13.2 Å². The Hall–Kier alpha value is -3.09. The van der Waals surface area contributed by atoms with Crippen LogP contribution in [0.5, 0.6) is 5.88 Å². The van der Waals surface area contributed by atoms with Crippen LogP contribution in [-0.4, -0.2) is 35.0 Å². The summed E-state index contributed by atoms with van der Waals surface area (Å²) in [5, 5.41) is 2.09. The molecule has 0 spiro atoms. The molecule has 4 nitrogen and oxygen atoms in total. The van der Waals surface area contributed by atoms with Crippen molar-refractivity contribution in [1.29, 1.82) is 0 Å². The van der Waals surface area contributed by atoms with Crippen molar-refractivity contribution in [3.05, 3.63) is 71.9 Å². The number of carbonyl (C=O) groups is 1. The van der Waals surface area contributed by atoms with Gasteiger partial charge in [0.25, 0.3) is 0 Å². The Labute approximate surface area is 159 Å². The molecule has 1 aliphatic heterocycles. The summed E-state index contributed by atoms with van der Waals surface area (Å²) in [5.74, 6) is -0.519. The SMILES string of the molecule is O=C(Cc1cccc2ccccc12)N1CC(Oc2ncccc2C(F)(F)F)C1. The fourth-order valence-electron chi connectivity index (χ4n) is 3.30. The lowest BCUT2D eigenvalue weighted by Gasteiger charge is -2.39. The highest BCUT2D eigenvalue weighted by molar-refractivity contribution is 5.90. The minimum absolute atomic E-state index is 0.0757. The summed E-state index contributed by atoms with van der Waals surface area (Å²) in [6.07, 6.45) is -3.53. The van der Waals surface area contributed by atoms with E-state index in [0.29, 0.717) is 0 Å². The van der Waals surface area contributed by atoms with Crippen LogP contribution in [0.4, 0.5) is 13.2 Å². The predicted octanol–water partition coefficient (Wildman–Crippen LogP) is 4.09. The molecule has 0 bridgehead atoms. The number of pyridine rings is 1. The van der Waals surface area contributed by atoms with Gasteiger partial charge in [-0.15, -0.1) is 0 Å². The van der Waals surface area contributed by atoms with Crippen LogP contribution in [0.1, 0.15) is 11.1 Å². The van der Waals surface area contributed by atoms with Crippen LogP contribution >= 0.6 is 0 Å². The summed E-state index contributed by atoms with van der Waals surface area (Å²) in [4.78, 5) is 17.8. The summed E-state index contributed by atoms with van der Waals surface area (Å²) < 4.78 is 44.4. The largest absolute Gasteiger partial charge is 0.470 e. The van der Waals surface area contributed by atoms with Gasteiger partial charge < -0.3 is 9.64 Å². The lowest BCUT2D eigenvalue weighted by molar-refractivity contribution is -0.144. The number of aromatic nitrogens is 1. The molecule has 0 N–H and O–H groups in total. The molecular weight excluding hydrogens is 369 g/mol. The summed E-state index contributed by atoms with van der Waals surface area (Å²) >= 11 is 0. The van der Waals surface area contributed by atoms with Crippen molar-refractivity contribution in [1.82, 2.24) is 9.88 Å². The number of amides is 1. The van der Waals surface area contributed by atoms with Crippen molar-refractivity contribution in [3.8, 4) is 5.88 Å². The molecule has 0 radical (unpaired) electrons. The second-order valence-electron chi connectivity index (χ2n) is 6.71. The van der Waals surface area contributed by atoms with Gasteiger partial charge in [-0.25, -0.2) is 4.98 Å². The molecule has 4 rings (SSSR count). The number of carbonyl (C=O) groups excluding carboxylic acids is 1. The predicted molar refractivity (Wildman–Crippen MR) is 97.9 cm³/mol. The summed E-state index contributed by atoms with van der Waals surface area (Å²) in [5.41, 5.74) is 0.0204. The number of alkyl halides is 3. The summed E-state index contributed by atoms with van der Waals surface area (Å²) in [6, 6.07) is 15.8. The Morgan fingerprint density at radius 3 is 2.61 bits per heavy atom. The first-order chi connectivity index (χ1) is 13.4. The van der Waals surface area contributed by atoms with E-state index >= 15 is 0 Å². The number of halogens is 3. The molecule has 2 aromatic carbocycles. The molecule has 0 unspecified atom stereocenters. The van der Waals surface area contributed by atoms with E-state index in [2.05, 4.69) is 4.98 Å². The van der Waals surface area contributed by atoms with E-state index in [9.17, 15) is 18.0 Å². The number of likely N-dealkylation sites (tertiary alicyclic amines) is 1. The van der Waals surface area contributed by atoms with Crippen molar-refractivity contribution < 1.29 is 22.7 Å². The highest BCUT2D eigenvalue weighted by Gasteiger charge is 2.38. The van der Waals surface area contributed by atoms with Crippen molar-refractivity contribution in [3.63, 3.8) is 0 Å². The molecule has 1 aromatic heterocycles. The van der Waals surface area contributed by atoms with Gasteiger partial charge in [-0.1, -0.05) is 42.5 Å². The van der Waals surface area contributed by atoms with E-state index in [4.69, 9.17) is 4.74 Å². The Balaban J connectivity index is 1.39. The first-order valence-electron chi connectivity index (χ1n) is 8.85. The molecule has 28 heavy (non-hydrogen) atoms. The van der Waals surface area contributed by atoms with Crippen molar-refractivity contribution in [2.45, 2.75) is 18.7 Å². The maximum absolute atomic E-state index is 13.0. The van der Waals surface area contributed by atoms with Gasteiger partial charge in [-0.3, -0.25) is 4.79 Å². The number of rotatable bonds is 4. The van der Waals surface area contributed by atoms with E-state index in [1.165, 1.54) is 12.3 Å². The molecule has 7 heteroatoms. The second-order valence-corrected chi connectivity index (χ2v) is 6.71. The van der Waals surface area contributed by atoms with Gasteiger partial charge in [-0.05, 0) is 28.5 Å². The average molecular weight is 386 g/mol. The molecule has 1 fully saturated rings. The van der Waals surface area contributed by atoms with Crippen molar-refractivity contribution >= 4 is 16.7 Å². The summed E-state index contributed by atoms with van der Waals surface area (Å²) in [6.45, 7) is 0.495. The zero-order valence-corrected chi connectivity index (χ0v) is 14.8. The normalized spacial score (nSPS) is 14.8. The molecule has 0 atom stereocenters. The topological polar surface area (TPSA) is 42.4 Å². The first kappa shape index (κ1) is 18.3. The second kappa shape index (κ2) is 7.14. The zero-order chi connectivity index (χ0) is 19.7. The quantitative estimate of drug-likeness (QED) is 0.678. The molecule has 144 valence electrons. The third kappa shape index (κ3) is 3.65. The number of hydrogen-bond acceptors (Lipinski definition) is 3. The number of nitrogens with zero attached hydrogens (tertiary/aromatic N) is 2. The van der Waals surface area contributed by atoms with Crippen LogP contribution in [-0.2, 0) is 17.4 Å².